The smallest absolute Gasteiger partial charge is 0.268 e. The van der Waals surface area contributed by atoms with Crippen LogP contribution in [0.3, 0.4) is 0 Å². The molecule has 5 heteroatoms. The molecule has 0 spiro atoms. The molecular formula is C24H25NO3S. The van der Waals surface area contributed by atoms with Crippen molar-refractivity contribution in [2.75, 3.05) is 7.11 Å². The van der Waals surface area contributed by atoms with Crippen molar-refractivity contribution in [2.45, 2.75) is 49.5 Å². The van der Waals surface area contributed by atoms with E-state index in [0.29, 0.717) is 21.8 Å². The molecule has 2 amide bonds. The SMILES string of the molecule is COc1ccccc1C1=C(Sc2ccccc2)C(=O)N(C2CCCCCC2)C1=O. The molecule has 0 atom stereocenters. The van der Waals surface area contributed by atoms with E-state index in [4.69, 9.17) is 4.74 Å². The van der Waals surface area contributed by atoms with Gasteiger partial charge in [-0.05, 0) is 31.0 Å². The first-order chi connectivity index (χ1) is 14.2. The molecule has 1 aliphatic heterocycles. The summed E-state index contributed by atoms with van der Waals surface area (Å²) in [4.78, 5) is 30.0. The van der Waals surface area contributed by atoms with Crippen molar-refractivity contribution in [3.63, 3.8) is 0 Å². The first-order valence-corrected chi connectivity index (χ1v) is 11.0. The molecule has 29 heavy (non-hydrogen) atoms. The Morgan fingerprint density at radius 3 is 2.21 bits per heavy atom. The molecule has 0 saturated heterocycles. The van der Waals surface area contributed by atoms with Crippen LogP contribution in [0, 0.1) is 0 Å². The summed E-state index contributed by atoms with van der Waals surface area (Å²) < 4.78 is 5.52. The fourth-order valence-corrected chi connectivity index (χ4v) is 5.18. The van der Waals surface area contributed by atoms with Gasteiger partial charge >= 0.3 is 0 Å². The molecule has 1 fully saturated rings. The van der Waals surface area contributed by atoms with E-state index in [0.717, 1.165) is 30.6 Å². The number of carbonyl (C=O) groups excluding carboxylic acids is 2. The van der Waals surface area contributed by atoms with Crippen LogP contribution in [-0.2, 0) is 9.59 Å². The highest BCUT2D eigenvalue weighted by Crippen LogP contribution is 2.43. The zero-order valence-electron chi connectivity index (χ0n) is 16.6. The number of methoxy groups -OCH3 is 1. The first-order valence-electron chi connectivity index (χ1n) is 10.2. The largest absolute Gasteiger partial charge is 0.496 e. The summed E-state index contributed by atoms with van der Waals surface area (Å²) in [5.41, 5.74) is 1.15. The lowest BCUT2D eigenvalue weighted by Gasteiger charge is -2.25. The molecule has 0 N–H and O–H groups in total. The number of carbonyl (C=O) groups is 2. The van der Waals surface area contributed by atoms with Crippen molar-refractivity contribution in [3.05, 3.63) is 65.1 Å². The van der Waals surface area contributed by atoms with Crippen LogP contribution in [0.4, 0.5) is 0 Å². The van der Waals surface area contributed by atoms with Crippen molar-refractivity contribution in [3.8, 4) is 5.75 Å². The highest BCUT2D eigenvalue weighted by Gasteiger charge is 2.43. The van der Waals surface area contributed by atoms with Crippen LogP contribution in [0.2, 0.25) is 0 Å². The maximum absolute atomic E-state index is 13.6. The molecule has 2 aromatic rings. The molecule has 4 nitrogen and oxygen atoms in total. The molecule has 0 bridgehead atoms. The topological polar surface area (TPSA) is 46.6 Å². The standard InChI is InChI=1S/C24H25NO3S/c1-28-20-16-10-9-15-19(20)21-22(29-18-13-7-4-8-14-18)24(27)25(23(21)26)17-11-5-2-3-6-12-17/h4,7-10,13-17H,2-3,5-6,11-12H2,1H3. The van der Waals surface area contributed by atoms with Crippen molar-refractivity contribution in [2.24, 2.45) is 0 Å². The van der Waals surface area contributed by atoms with Gasteiger partial charge < -0.3 is 4.74 Å². The van der Waals surface area contributed by atoms with Crippen LogP contribution < -0.4 is 4.74 Å². The van der Waals surface area contributed by atoms with E-state index in [2.05, 4.69) is 0 Å². The fourth-order valence-electron chi connectivity index (χ4n) is 4.16. The first kappa shape index (κ1) is 19.8. The highest BCUT2D eigenvalue weighted by molar-refractivity contribution is 8.04. The Balaban J connectivity index is 1.78. The summed E-state index contributed by atoms with van der Waals surface area (Å²) in [6.07, 6.45) is 6.25. The van der Waals surface area contributed by atoms with Gasteiger partial charge in [-0.3, -0.25) is 14.5 Å². The minimum absolute atomic E-state index is 0.0175. The Labute approximate surface area is 175 Å². The third-order valence-corrected chi connectivity index (χ3v) is 6.69. The molecule has 4 rings (SSSR count). The Hall–Kier alpha value is -2.53. The molecular weight excluding hydrogens is 382 g/mol. The summed E-state index contributed by atoms with van der Waals surface area (Å²) in [6.45, 7) is 0. The maximum Gasteiger partial charge on any atom is 0.268 e. The zero-order chi connectivity index (χ0) is 20.2. The second kappa shape index (κ2) is 8.87. The average molecular weight is 408 g/mol. The van der Waals surface area contributed by atoms with Gasteiger partial charge in [0.15, 0.2) is 0 Å². The number of rotatable bonds is 5. The van der Waals surface area contributed by atoms with Gasteiger partial charge in [-0.2, -0.15) is 0 Å². The predicted molar refractivity (Wildman–Crippen MR) is 116 cm³/mol. The van der Waals surface area contributed by atoms with Crippen LogP contribution >= 0.6 is 11.8 Å². The summed E-state index contributed by atoms with van der Waals surface area (Å²) in [7, 11) is 1.59. The normalized spacial score (nSPS) is 18.3. The van der Waals surface area contributed by atoms with E-state index < -0.39 is 0 Å². The van der Waals surface area contributed by atoms with Crippen LogP contribution in [-0.4, -0.2) is 29.9 Å². The van der Waals surface area contributed by atoms with Crippen LogP contribution in [0.15, 0.2) is 64.4 Å². The molecule has 2 aliphatic rings. The highest BCUT2D eigenvalue weighted by atomic mass is 32.2. The lowest BCUT2D eigenvalue weighted by molar-refractivity contribution is -0.139. The molecule has 1 saturated carbocycles. The van der Waals surface area contributed by atoms with Crippen LogP contribution in [0.1, 0.15) is 44.1 Å². The quantitative estimate of drug-likeness (QED) is 0.499. The lowest BCUT2D eigenvalue weighted by Crippen LogP contribution is -2.40. The number of hydrogen-bond acceptors (Lipinski definition) is 4. The summed E-state index contributed by atoms with van der Waals surface area (Å²) >= 11 is 1.37. The monoisotopic (exact) mass is 407 g/mol. The lowest BCUT2D eigenvalue weighted by atomic mass is 10.0. The van der Waals surface area contributed by atoms with Crippen molar-refractivity contribution >= 4 is 29.1 Å². The van der Waals surface area contributed by atoms with Gasteiger partial charge in [0, 0.05) is 16.5 Å². The van der Waals surface area contributed by atoms with Crippen LogP contribution in [0.25, 0.3) is 5.57 Å². The van der Waals surface area contributed by atoms with E-state index in [9.17, 15) is 9.59 Å². The molecule has 0 aromatic heterocycles. The Kier molecular flexibility index (Phi) is 6.05. The van der Waals surface area contributed by atoms with E-state index >= 15 is 0 Å². The van der Waals surface area contributed by atoms with E-state index in [-0.39, 0.29) is 17.9 Å². The summed E-state index contributed by atoms with van der Waals surface area (Å²) in [5, 5.41) is 0. The number of para-hydroxylation sites is 1. The number of thioether (sulfide) groups is 1. The maximum atomic E-state index is 13.6. The number of hydrogen-bond donors (Lipinski definition) is 0. The van der Waals surface area contributed by atoms with Gasteiger partial charge in [-0.1, -0.05) is 73.8 Å². The van der Waals surface area contributed by atoms with Gasteiger partial charge in [0.2, 0.25) is 0 Å². The molecule has 2 aromatic carbocycles. The van der Waals surface area contributed by atoms with Crippen molar-refractivity contribution in [1.29, 1.82) is 0 Å². The van der Waals surface area contributed by atoms with E-state index in [1.54, 1.807) is 7.11 Å². The van der Waals surface area contributed by atoms with E-state index in [1.165, 1.54) is 29.5 Å². The summed E-state index contributed by atoms with van der Waals surface area (Å²) in [5.74, 6) is 0.249. The zero-order valence-corrected chi connectivity index (χ0v) is 17.4. The second-order valence-corrected chi connectivity index (χ2v) is 8.53. The Morgan fingerprint density at radius 1 is 0.862 bits per heavy atom. The molecule has 1 heterocycles. The summed E-state index contributed by atoms with van der Waals surface area (Å²) in [6, 6.07) is 17.2. The third kappa shape index (κ3) is 3.97. The minimum atomic E-state index is -0.190. The Morgan fingerprint density at radius 2 is 1.52 bits per heavy atom. The number of nitrogens with zero attached hydrogens (tertiary/aromatic N) is 1. The van der Waals surface area contributed by atoms with Gasteiger partial charge in [-0.25, -0.2) is 0 Å². The molecule has 150 valence electrons. The van der Waals surface area contributed by atoms with Crippen molar-refractivity contribution in [1.82, 2.24) is 4.90 Å². The van der Waals surface area contributed by atoms with Crippen LogP contribution in [0.5, 0.6) is 5.75 Å². The van der Waals surface area contributed by atoms with Gasteiger partial charge in [0.25, 0.3) is 11.8 Å². The molecule has 0 radical (unpaired) electrons. The predicted octanol–water partition coefficient (Wildman–Crippen LogP) is 5.29. The number of amides is 2. The molecule has 1 aliphatic carbocycles. The third-order valence-electron chi connectivity index (χ3n) is 5.60. The van der Waals surface area contributed by atoms with E-state index in [1.807, 2.05) is 54.6 Å². The number of ether oxygens (including phenoxy) is 1. The minimum Gasteiger partial charge on any atom is -0.496 e. The number of imide groups is 1. The average Bonchev–Trinajstić information content (AvgIpc) is 2.92. The van der Waals surface area contributed by atoms with Gasteiger partial charge in [0.05, 0.1) is 17.6 Å². The fraction of sp³-hybridized carbons (Fsp3) is 0.333. The second-order valence-electron chi connectivity index (χ2n) is 7.45. The Bertz CT molecular complexity index is 930. The van der Waals surface area contributed by atoms with Gasteiger partial charge in [0.1, 0.15) is 5.75 Å². The van der Waals surface area contributed by atoms with Crippen molar-refractivity contribution < 1.29 is 14.3 Å². The number of benzene rings is 2. The molecule has 0 unspecified atom stereocenters. The van der Waals surface area contributed by atoms with Gasteiger partial charge in [-0.15, -0.1) is 0 Å².